The molecule has 6 nitrogen and oxygen atoms in total. The number of aromatic nitrogens is 1. The lowest BCUT2D eigenvalue weighted by atomic mass is 9.63. The van der Waals surface area contributed by atoms with E-state index in [4.69, 9.17) is 0 Å². The third-order valence-electron chi connectivity index (χ3n) is 6.60. The third-order valence-corrected chi connectivity index (χ3v) is 8.69. The van der Waals surface area contributed by atoms with Gasteiger partial charge in [-0.15, -0.1) is 11.3 Å². The Bertz CT molecular complexity index is 1190. The molecule has 1 saturated heterocycles. The molecule has 2 aliphatic rings. The van der Waals surface area contributed by atoms with Crippen molar-refractivity contribution in [2.45, 2.75) is 53.3 Å². The van der Waals surface area contributed by atoms with E-state index in [9.17, 15) is 14.9 Å². The molecule has 1 amide bonds. The molecule has 0 spiro atoms. The zero-order chi connectivity index (χ0) is 21.0. The van der Waals surface area contributed by atoms with Crippen LogP contribution in [0.5, 0.6) is 0 Å². The van der Waals surface area contributed by atoms with Crippen LogP contribution in [0.3, 0.4) is 0 Å². The van der Waals surface area contributed by atoms with Gasteiger partial charge in [-0.1, -0.05) is 24.8 Å². The smallest absolute Gasteiger partial charge is 0.271 e. The van der Waals surface area contributed by atoms with Crippen molar-refractivity contribution < 1.29 is 9.72 Å². The van der Waals surface area contributed by atoms with Crippen molar-refractivity contribution in [3.63, 3.8) is 0 Å². The summed E-state index contributed by atoms with van der Waals surface area (Å²) in [5.41, 5.74) is 3.46. The Labute approximate surface area is 182 Å². The fourth-order valence-corrected chi connectivity index (χ4v) is 7.06. The Morgan fingerprint density at radius 3 is 2.90 bits per heavy atom. The first-order chi connectivity index (χ1) is 14.3. The summed E-state index contributed by atoms with van der Waals surface area (Å²) in [5, 5.41) is 11.0. The van der Waals surface area contributed by atoms with Crippen molar-refractivity contribution in [1.29, 1.82) is 0 Å². The van der Waals surface area contributed by atoms with E-state index in [1.54, 1.807) is 29.2 Å². The van der Waals surface area contributed by atoms with Crippen LogP contribution < -0.4 is 0 Å². The number of carbonyl (C=O) groups excluding carboxylic acids is 1. The molecule has 2 heterocycles. The highest BCUT2D eigenvalue weighted by Crippen LogP contribution is 2.47. The number of nitro groups is 1. The van der Waals surface area contributed by atoms with Crippen LogP contribution in [0.4, 0.5) is 5.69 Å². The van der Waals surface area contributed by atoms with Gasteiger partial charge < -0.3 is 4.90 Å². The first kappa shape index (κ1) is 19.5. The van der Waals surface area contributed by atoms with Crippen LogP contribution >= 0.6 is 23.1 Å². The number of non-ortho nitro benzene ring substituents is 1. The number of likely N-dealkylation sites (N-methyl/N-ethyl adjacent to an activating group) is 1. The van der Waals surface area contributed by atoms with Gasteiger partial charge >= 0.3 is 0 Å². The number of amides is 1. The van der Waals surface area contributed by atoms with Gasteiger partial charge in [0.25, 0.3) is 5.69 Å². The van der Waals surface area contributed by atoms with Crippen molar-refractivity contribution in [2.24, 2.45) is 0 Å². The molecule has 2 aromatic carbocycles. The van der Waals surface area contributed by atoms with Gasteiger partial charge in [-0.05, 0) is 48.6 Å². The minimum Gasteiger partial charge on any atom is -0.342 e. The SMILES string of the molecule is CN1C(=O)CC[C@]2(C)c3ccc(Sc4nc5cc([N+](=O)[O-])ccc5s4)cc3CC[C@@H]12. The lowest BCUT2D eigenvalue weighted by Gasteiger charge is -2.50. The molecule has 1 aliphatic heterocycles. The molecule has 30 heavy (non-hydrogen) atoms. The summed E-state index contributed by atoms with van der Waals surface area (Å²) in [7, 11) is 1.94. The topological polar surface area (TPSA) is 76.3 Å². The number of fused-ring (bicyclic) bond motifs is 4. The first-order valence-electron chi connectivity index (χ1n) is 9.97. The number of piperidine rings is 1. The molecule has 1 fully saturated rings. The Morgan fingerprint density at radius 2 is 2.10 bits per heavy atom. The standard InChI is InChI=1S/C22H21N3O3S2/c1-22-10-9-20(26)24(2)19(22)8-3-13-11-15(5-6-16(13)22)29-21-23-17-12-14(25(27)28)4-7-18(17)30-21/h4-7,11-12,19H,3,8-10H2,1-2H3/t19-,22-/m1/s1. The molecule has 8 heteroatoms. The molecule has 3 aromatic rings. The molecule has 1 aromatic heterocycles. The second kappa shape index (κ2) is 7.06. The van der Waals surface area contributed by atoms with E-state index in [1.165, 1.54) is 23.3 Å². The normalized spacial score (nSPS) is 23.3. The number of hydrogen-bond donors (Lipinski definition) is 0. The summed E-state index contributed by atoms with van der Waals surface area (Å²) >= 11 is 3.16. The molecule has 0 radical (unpaired) electrons. The summed E-state index contributed by atoms with van der Waals surface area (Å²) in [6.45, 7) is 2.30. The molecular weight excluding hydrogens is 418 g/mol. The zero-order valence-corrected chi connectivity index (χ0v) is 18.4. The van der Waals surface area contributed by atoms with Gasteiger partial charge in [-0.2, -0.15) is 0 Å². The Hall–Kier alpha value is -2.45. The van der Waals surface area contributed by atoms with Gasteiger partial charge in [-0.25, -0.2) is 4.98 Å². The molecule has 0 saturated carbocycles. The van der Waals surface area contributed by atoms with Crippen molar-refractivity contribution >= 4 is 44.9 Å². The van der Waals surface area contributed by atoms with Crippen LogP contribution in [-0.4, -0.2) is 33.8 Å². The van der Waals surface area contributed by atoms with E-state index in [-0.39, 0.29) is 28.0 Å². The minimum atomic E-state index is -0.390. The van der Waals surface area contributed by atoms with Gasteiger partial charge in [-0.3, -0.25) is 14.9 Å². The van der Waals surface area contributed by atoms with Crippen LogP contribution in [-0.2, 0) is 16.6 Å². The number of thiazole rings is 1. The van der Waals surface area contributed by atoms with Gasteiger partial charge in [0.1, 0.15) is 0 Å². The quantitative estimate of drug-likeness (QED) is 0.415. The summed E-state index contributed by atoms with van der Waals surface area (Å²) in [5.74, 6) is 0.254. The largest absolute Gasteiger partial charge is 0.342 e. The predicted octanol–water partition coefficient (Wildman–Crippen LogP) is 5.18. The lowest BCUT2D eigenvalue weighted by Crippen LogP contribution is -2.56. The fraction of sp³-hybridized carbons (Fsp3) is 0.364. The number of benzene rings is 2. The van der Waals surface area contributed by atoms with Crippen molar-refractivity contribution in [2.75, 3.05) is 7.05 Å². The fourth-order valence-electron chi connectivity index (χ4n) is 4.98. The molecule has 0 bridgehead atoms. The molecule has 5 rings (SSSR count). The first-order valence-corrected chi connectivity index (χ1v) is 11.6. The van der Waals surface area contributed by atoms with Gasteiger partial charge in [0.2, 0.25) is 5.91 Å². The van der Waals surface area contributed by atoms with Crippen LogP contribution in [0, 0.1) is 10.1 Å². The summed E-state index contributed by atoms with van der Waals surface area (Å²) in [4.78, 5) is 30.5. The summed E-state index contributed by atoms with van der Waals surface area (Å²) < 4.78 is 1.83. The highest BCUT2D eigenvalue weighted by atomic mass is 32.2. The van der Waals surface area contributed by atoms with Crippen molar-refractivity contribution in [3.8, 4) is 0 Å². The minimum absolute atomic E-state index is 0.00817. The maximum absolute atomic E-state index is 12.2. The summed E-state index contributed by atoms with van der Waals surface area (Å²) in [6, 6.07) is 11.7. The second-order valence-electron chi connectivity index (χ2n) is 8.29. The van der Waals surface area contributed by atoms with Crippen LogP contribution in [0.2, 0.25) is 0 Å². The number of nitro benzene ring substituents is 1. The lowest BCUT2D eigenvalue weighted by molar-refractivity contribution is -0.384. The molecule has 1 aliphatic carbocycles. The molecule has 0 unspecified atom stereocenters. The van der Waals surface area contributed by atoms with E-state index < -0.39 is 0 Å². The summed E-state index contributed by atoms with van der Waals surface area (Å²) in [6.07, 6.45) is 3.46. The van der Waals surface area contributed by atoms with Gasteiger partial charge in [0.05, 0.1) is 15.1 Å². The molecular formula is C22H21N3O3S2. The average Bonchev–Trinajstić information content (AvgIpc) is 3.12. The number of rotatable bonds is 3. The molecule has 154 valence electrons. The second-order valence-corrected chi connectivity index (χ2v) is 10.6. The van der Waals surface area contributed by atoms with E-state index in [0.29, 0.717) is 11.9 Å². The van der Waals surface area contributed by atoms with E-state index in [2.05, 4.69) is 30.1 Å². The maximum Gasteiger partial charge on any atom is 0.271 e. The predicted molar refractivity (Wildman–Crippen MR) is 118 cm³/mol. The number of aryl methyl sites for hydroxylation is 1. The Balaban J connectivity index is 1.44. The molecule has 0 N–H and O–H groups in total. The highest BCUT2D eigenvalue weighted by molar-refractivity contribution is 8.01. The Morgan fingerprint density at radius 1 is 1.27 bits per heavy atom. The van der Waals surface area contributed by atoms with Gasteiger partial charge in [0.15, 0.2) is 4.34 Å². The van der Waals surface area contributed by atoms with Crippen LogP contribution in [0.15, 0.2) is 45.6 Å². The Kier molecular flexibility index (Phi) is 4.59. The van der Waals surface area contributed by atoms with E-state index in [1.807, 2.05) is 11.9 Å². The van der Waals surface area contributed by atoms with Crippen molar-refractivity contribution in [1.82, 2.24) is 9.88 Å². The number of likely N-dealkylation sites (tertiary alicyclic amines) is 1. The zero-order valence-electron chi connectivity index (χ0n) is 16.8. The maximum atomic E-state index is 12.2. The number of hydrogen-bond acceptors (Lipinski definition) is 6. The van der Waals surface area contributed by atoms with Gasteiger partial charge in [0, 0.05) is 42.0 Å². The monoisotopic (exact) mass is 439 g/mol. The van der Waals surface area contributed by atoms with E-state index in [0.717, 1.165) is 33.2 Å². The van der Waals surface area contributed by atoms with Crippen molar-refractivity contribution in [3.05, 3.63) is 57.6 Å². The highest BCUT2D eigenvalue weighted by Gasteiger charge is 2.46. The number of nitrogens with zero attached hydrogens (tertiary/aromatic N) is 3. The molecule has 2 atom stereocenters. The average molecular weight is 440 g/mol. The van der Waals surface area contributed by atoms with Crippen LogP contribution in [0.1, 0.15) is 37.3 Å². The third kappa shape index (κ3) is 3.09. The number of carbonyl (C=O) groups is 1. The van der Waals surface area contributed by atoms with E-state index >= 15 is 0 Å². The van der Waals surface area contributed by atoms with Crippen LogP contribution in [0.25, 0.3) is 10.2 Å².